The Morgan fingerprint density at radius 1 is 0.419 bits per heavy atom. The highest BCUT2D eigenvalue weighted by molar-refractivity contribution is 5.94. The lowest BCUT2D eigenvalue weighted by atomic mass is 9.44. The molecule has 362 valence electrons. The van der Waals surface area contributed by atoms with E-state index in [9.17, 15) is 39.6 Å². The number of unbranched alkanes of at least 4 members (excludes halogenated alkanes) is 20. The fraction of sp³-hybridized carbons (Fsp3) is 0.923. The van der Waals surface area contributed by atoms with Gasteiger partial charge in [-0.05, 0) is 106 Å². The van der Waals surface area contributed by atoms with Crippen LogP contribution in [0.1, 0.15) is 249 Å². The molecule has 0 aromatic carbocycles. The number of carboxylic acid groups (broad SMARTS) is 4. The quantitative estimate of drug-likeness (QED) is 0.0348. The van der Waals surface area contributed by atoms with Gasteiger partial charge in [-0.3, -0.25) is 19.2 Å². The number of rotatable bonds is 33. The first-order chi connectivity index (χ1) is 28.9. The third kappa shape index (κ3) is 16.3. The summed E-state index contributed by atoms with van der Waals surface area (Å²) in [4.78, 5) is 58.1. The van der Waals surface area contributed by atoms with Crippen LogP contribution < -0.4 is 10.6 Å². The predicted molar refractivity (Wildman–Crippen MR) is 253 cm³/mol. The predicted octanol–water partition coefficient (Wildman–Crippen LogP) is 13.0. The number of nitrogens with one attached hydrogen (secondary N) is 2. The summed E-state index contributed by atoms with van der Waals surface area (Å²) < 4.78 is 0. The highest BCUT2D eigenvalue weighted by Crippen LogP contribution is 2.63. The van der Waals surface area contributed by atoms with Gasteiger partial charge in [0.25, 0.3) is 0 Å². The van der Waals surface area contributed by atoms with Crippen LogP contribution in [0.15, 0.2) is 0 Å². The first kappa shape index (κ1) is 55.9. The smallest absolute Gasteiger partial charge is 0.311 e. The van der Waals surface area contributed by atoms with Crippen molar-refractivity contribution in [3.8, 4) is 0 Å². The Labute approximate surface area is 378 Å². The van der Waals surface area contributed by atoms with Crippen LogP contribution >= 0.6 is 0 Å². The van der Waals surface area contributed by atoms with E-state index >= 15 is 0 Å². The van der Waals surface area contributed by atoms with E-state index in [1.165, 1.54) is 64.2 Å². The van der Waals surface area contributed by atoms with Gasteiger partial charge < -0.3 is 31.1 Å². The van der Waals surface area contributed by atoms with Crippen molar-refractivity contribution in [1.82, 2.24) is 10.6 Å². The Kier molecular flexibility index (Phi) is 23.0. The van der Waals surface area contributed by atoms with Crippen LogP contribution in [0.2, 0.25) is 0 Å². The molecule has 2 fully saturated rings. The van der Waals surface area contributed by atoms with Gasteiger partial charge in [0.2, 0.25) is 0 Å². The third-order valence-electron chi connectivity index (χ3n) is 14.9. The van der Waals surface area contributed by atoms with E-state index in [4.69, 9.17) is 0 Å². The summed E-state index contributed by atoms with van der Waals surface area (Å²) in [5.41, 5.74) is -7.09. The SMILES string of the molecule is CCCCCCCCCCCCCC(C(=O)O)(C(C(=O)O)C1CC(C)(C)NC(C)(C)C1)C(CCCCCCCCCCCCC)(C(=O)O)C(C(=O)O)C1CC(C)(C)NC(C)(C)C1. The van der Waals surface area contributed by atoms with Gasteiger partial charge in [0.15, 0.2) is 0 Å². The van der Waals surface area contributed by atoms with Crippen LogP contribution in [0.5, 0.6) is 0 Å². The standard InChI is InChI=1S/C52H96N2O8/c1-11-13-15-17-19-21-23-25-27-29-31-33-51(45(59)60,41(43(55)56)39-35-47(3,4)53-48(5,6)36-39)52(46(61)62,34-32-30-28-26-24-22-20-18-16-14-12-2)42(44(57)58)40-37-49(7,8)54-50(9,10)38-40/h39-42,53-54H,11-38H2,1-10H3,(H,55,56)(H,57,58)(H,59,60)(H,61,62). The zero-order valence-corrected chi connectivity index (χ0v) is 41.5. The second-order valence-corrected chi connectivity index (χ2v) is 22.9. The maximum absolute atomic E-state index is 14.8. The first-order valence-corrected chi connectivity index (χ1v) is 25.5. The Hall–Kier alpha value is -2.20. The molecule has 6 N–H and O–H groups in total. The molecular formula is C52H96N2O8. The molecule has 0 spiro atoms. The maximum atomic E-state index is 14.8. The second-order valence-electron chi connectivity index (χ2n) is 22.9. The van der Waals surface area contributed by atoms with Gasteiger partial charge in [-0.25, -0.2) is 0 Å². The topological polar surface area (TPSA) is 173 Å². The van der Waals surface area contributed by atoms with Crippen molar-refractivity contribution in [2.45, 2.75) is 271 Å². The Balaban J connectivity index is 2.79. The van der Waals surface area contributed by atoms with E-state index in [1.807, 2.05) is 55.4 Å². The van der Waals surface area contributed by atoms with E-state index in [-0.39, 0.29) is 12.8 Å². The number of carboxylic acids is 4. The number of carbonyl (C=O) groups is 4. The molecule has 0 radical (unpaired) electrons. The lowest BCUT2D eigenvalue weighted by Gasteiger charge is -2.58. The Morgan fingerprint density at radius 3 is 0.823 bits per heavy atom. The van der Waals surface area contributed by atoms with Crippen molar-refractivity contribution in [2.24, 2.45) is 34.5 Å². The molecule has 0 aromatic rings. The van der Waals surface area contributed by atoms with Crippen molar-refractivity contribution < 1.29 is 39.6 Å². The molecule has 2 aliphatic heterocycles. The van der Waals surface area contributed by atoms with E-state index in [0.717, 1.165) is 51.4 Å². The molecule has 10 nitrogen and oxygen atoms in total. The molecule has 0 aromatic heterocycles. The maximum Gasteiger partial charge on any atom is 0.311 e. The van der Waals surface area contributed by atoms with Crippen LogP contribution in [0.4, 0.5) is 0 Å². The van der Waals surface area contributed by atoms with Crippen molar-refractivity contribution >= 4 is 23.9 Å². The summed E-state index contributed by atoms with van der Waals surface area (Å²) in [7, 11) is 0. The van der Waals surface area contributed by atoms with Gasteiger partial charge in [-0.15, -0.1) is 0 Å². The van der Waals surface area contributed by atoms with Crippen molar-refractivity contribution in [3.63, 3.8) is 0 Å². The monoisotopic (exact) mass is 877 g/mol. The highest BCUT2D eigenvalue weighted by Gasteiger charge is 2.73. The Bertz CT molecular complexity index is 1240. The van der Waals surface area contributed by atoms with Gasteiger partial charge in [-0.1, -0.05) is 155 Å². The molecule has 10 heteroatoms. The van der Waals surface area contributed by atoms with E-state index in [2.05, 4.69) is 24.5 Å². The number of hydrogen-bond acceptors (Lipinski definition) is 6. The number of hydrogen-bond donors (Lipinski definition) is 6. The summed E-state index contributed by atoms with van der Waals surface area (Å²) in [6.07, 6.45) is 23.0. The van der Waals surface area contributed by atoms with Crippen LogP contribution in [0.25, 0.3) is 0 Å². The fourth-order valence-electron chi connectivity index (χ4n) is 13.2. The first-order valence-electron chi connectivity index (χ1n) is 25.5. The third-order valence-corrected chi connectivity index (χ3v) is 14.9. The summed E-state index contributed by atoms with van der Waals surface area (Å²) in [6.45, 7) is 20.3. The average molecular weight is 877 g/mol. The molecule has 2 saturated heterocycles. The lowest BCUT2D eigenvalue weighted by molar-refractivity contribution is -0.210. The molecule has 4 unspecified atom stereocenters. The van der Waals surface area contributed by atoms with Gasteiger partial charge >= 0.3 is 23.9 Å². The number of aliphatic carboxylic acids is 4. The molecule has 2 rings (SSSR count). The summed E-state index contributed by atoms with van der Waals surface area (Å²) in [5, 5.41) is 54.5. The van der Waals surface area contributed by atoms with Crippen LogP contribution in [-0.2, 0) is 19.2 Å². The van der Waals surface area contributed by atoms with Crippen molar-refractivity contribution in [2.75, 3.05) is 0 Å². The van der Waals surface area contributed by atoms with E-state index < -0.39 is 80.5 Å². The molecule has 62 heavy (non-hydrogen) atoms. The zero-order valence-electron chi connectivity index (χ0n) is 41.5. The van der Waals surface area contributed by atoms with Gasteiger partial charge in [0.1, 0.15) is 0 Å². The average Bonchev–Trinajstić information content (AvgIpc) is 3.11. The lowest BCUT2D eigenvalue weighted by Crippen LogP contribution is -2.68. The van der Waals surface area contributed by atoms with Crippen LogP contribution in [-0.4, -0.2) is 66.5 Å². The molecule has 2 heterocycles. The van der Waals surface area contributed by atoms with Gasteiger partial charge in [0.05, 0.1) is 22.7 Å². The molecular weight excluding hydrogens is 781 g/mol. The largest absolute Gasteiger partial charge is 0.481 e. The molecule has 0 aliphatic carbocycles. The minimum absolute atomic E-state index is 0.201. The highest BCUT2D eigenvalue weighted by atomic mass is 16.4. The molecule has 0 bridgehead atoms. The normalized spacial score (nSPS) is 21.6. The molecule has 0 amide bonds. The fourth-order valence-corrected chi connectivity index (χ4v) is 13.2. The van der Waals surface area contributed by atoms with E-state index in [0.29, 0.717) is 51.4 Å². The summed E-state index contributed by atoms with van der Waals surface area (Å²) >= 11 is 0. The summed E-state index contributed by atoms with van der Waals surface area (Å²) in [5.74, 6) is -10.3. The molecule has 0 saturated carbocycles. The van der Waals surface area contributed by atoms with Gasteiger partial charge in [0, 0.05) is 22.2 Å². The molecule has 4 atom stereocenters. The van der Waals surface area contributed by atoms with Crippen LogP contribution in [0, 0.1) is 34.5 Å². The number of piperidine rings is 2. The minimum Gasteiger partial charge on any atom is -0.481 e. The molecule has 2 aliphatic rings. The van der Waals surface area contributed by atoms with E-state index in [1.54, 1.807) is 0 Å². The second kappa shape index (κ2) is 25.5. The zero-order chi connectivity index (χ0) is 46.8. The minimum atomic E-state index is -2.40. The van der Waals surface area contributed by atoms with Crippen LogP contribution in [0.3, 0.4) is 0 Å². The summed E-state index contributed by atoms with van der Waals surface area (Å²) in [6, 6.07) is 0. The van der Waals surface area contributed by atoms with Crippen molar-refractivity contribution in [3.05, 3.63) is 0 Å². The van der Waals surface area contributed by atoms with Gasteiger partial charge in [-0.2, -0.15) is 0 Å². The Morgan fingerprint density at radius 2 is 0.629 bits per heavy atom. The van der Waals surface area contributed by atoms with Crippen molar-refractivity contribution in [1.29, 1.82) is 0 Å².